The Hall–Kier alpha value is -0.190. The number of thioether (sulfide) groups is 1. The van der Waals surface area contributed by atoms with Gasteiger partial charge in [0.15, 0.2) is 0 Å². The molecule has 1 rings (SSSR count). The number of benzene rings is 1. The summed E-state index contributed by atoms with van der Waals surface area (Å²) in [6.45, 7) is 4.71. The molecule has 0 spiro atoms. The maximum atomic E-state index is 5.87. The fourth-order valence-electron chi connectivity index (χ4n) is 1.49. The van der Waals surface area contributed by atoms with Crippen LogP contribution in [0.25, 0.3) is 0 Å². The van der Waals surface area contributed by atoms with Gasteiger partial charge < -0.3 is 10.1 Å². The van der Waals surface area contributed by atoms with Crippen LogP contribution in [-0.4, -0.2) is 25.2 Å². The normalized spacial score (nSPS) is 10.5. The van der Waals surface area contributed by atoms with Gasteiger partial charge in [0.2, 0.25) is 0 Å². The van der Waals surface area contributed by atoms with Crippen LogP contribution in [0.5, 0.6) is 5.75 Å². The average Bonchev–Trinajstić information content (AvgIpc) is 2.34. The molecule has 0 aliphatic carbocycles. The van der Waals surface area contributed by atoms with Gasteiger partial charge in [-0.05, 0) is 47.0 Å². The second-order valence-corrected chi connectivity index (χ2v) is 5.54. The van der Waals surface area contributed by atoms with E-state index in [1.54, 1.807) is 0 Å². The van der Waals surface area contributed by atoms with Crippen molar-refractivity contribution in [2.24, 2.45) is 0 Å². The van der Waals surface area contributed by atoms with E-state index in [0.717, 1.165) is 42.1 Å². The monoisotopic (exact) mass is 317 g/mol. The maximum Gasteiger partial charge on any atom is 0.137 e. The lowest BCUT2D eigenvalue weighted by Crippen LogP contribution is -2.13. The number of hydrogen-bond donors (Lipinski definition) is 1. The first kappa shape index (κ1) is 14.9. The zero-order valence-corrected chi connectivity index (χ0v) is 12.9. The molecule has 0 amide bonds. The zero-order valence-electron chi connectivity index (χ0n) is 10.5. The molecule has 0 saturated carbocycles. The van der Waals surface area contributed by atoms with Crippen molar-refractivity contribution in [2.75, 3.05) is 25.2 Å². The summed E-state index contributed by atoms with van der Waals surface area (Å²) in [5, 5.41) is 3.33. The SMILES string of the molecule is CCNCc1cccc(Br)c1OCCCSC. The molecular weight excluding hydrogens is 298 g/mol. The fraction of sp³-hybridized carbons (Fsp3) is 0.538. The van der Waals surface area contributed by atoms with Crippen molar-refractivity contribution < 1.29 is 4.74 Å². The summed E-state index contributed by atoms with van der Waals surface area (Å²) >= 11 is 5.41. The summed E-state index contributed by atoms with van der Waals surface area (Å²) in [5.41, 5.74) is 1.21. The molecule has 0 aliphatic heterocycles. The summed E-state index contributed by atoms with van der Waals surface area (Å²) in [5.74, 6) is 2.13. The van der Waals surface area contributed by atoms with E-state index in [-0.39, 0.29) is 0 Å². The summed E-state index contributed by atoms with van der Waals surface area (Å²) in [6, 6.07) is 6.18. The Labute approximate surface area is 117 Å². The van der Waals surface area contributed by atoms with Crippen LogP contribution >= 0.6 is 27.7 Å². The Morgan fingerprint density at radius 3 is 2.94 bits per heavy atom. The highest BCUT2D eigenvalue weighted by atomic mass is 79.9. The lowest BCUT2D eigenvalue weighted by Gasteiger charge is -2.13. The Kier molecular flexibility index (Phi) is 7.73. The molecule has 4 heteroatoms. The summed E-state index contributed by atoms with van der Waals surface area (Å²) in [6.07, 6.45) is 3.21. The van der Waals surface area contributed by atoms with Gasteiger partial charge in [-0.25, -0.2) is 0 Å². The number of para-hydroxylation sites is 1. The molecule has 0 unspecified atom stereocenters. The molecule has 1 N–H and O–H groups in total. The van der Waals surface area contributed by atoms with E-state index in [2.05, 4.69) is 40.5 Å². The van der Waals surface area contributed by atoms with Crippen molar-refractivity contribution in [2.45, 2.75) is 19.9 Å². The Morgan fingerprint density at radius 1 is 1.41 bits per heavy atom. The molecule has 96 valence electrons. The minimum atomic E-state index is 0.780. The number of ether oxygens (including phenoxy) is 1. The third-order valence-corrected chi connectivity index (χ3v) is 3.67. The Bertz CT molecular complexity index is 333. The molecule has 0 aliphatic rings. The summed E-state index contributed by atoms with van der Waals surface area (Å²) in [7, 11) is 0. The molecular formula is C13H20BrNOS. The van der Waals surface area contributed by atoms with Gasteiger partial charge in [-0.15, -0.1) is 0 Å². The first-order valence-electron chi connectivity index (χ1n) is 5.89. The minimum absolute atomic E-state index is 0.780. The van der Waals surface area contributed by atoms with Gasteiger partial charge in [-0.3, -0.25) is 0 Å². The standard InChI is InChI=1S/C13H20BrNOS/c1-3-15-10-11-6-4-7-12(14)13(11)16-8-5-9-17-2/h4,6-7,15H,3,5,8-10H2,1-2H3. The number of hydrogen-bond acceptors (Lipinski definition) is 3. The Balaban J connectivity index is 2.60. The summed E-state index contributed by atoms with van der Waals surface area (Å²) in [4.78, 5) is 0. The highest BCUT2D eigenvalue weighted by Gasteiger charge is 2.07. The zero-order chi connectivity index (χ0) is 12.5. The third-order valence-electron chi connectivity index (χ3n) is 2.35. The molecule has 1 aromatic rings. The van der Waals surface area contributed by atoms with Gasteiger partial charge in [0.25, 0.3) is 0 Å². The minimum Gasteiger partial charge on any atom is -0.492 e. The van der Waals surface area contributed by atoms with Crippen LogP contribution in [0.2, 0.25) is 0 Å². The lowest BCUT2D eigenvalue weighted by molar-refractivity contribution is 0.312. The van der Waals surface area contributed by atoms with E-state index in [4.69, 9.17) is 4.74 Å². The smallest absolute Gasteiger partial charge is 0.137 e. The van der Waals surface area contributed by atoms with Gasteiger partial charge in [-0.2, -0.15) is 11.8 Å². The summed E-state index contributed by atoms with van der Waals surface area (Å²) < 4.78 is 6.91. The number of nitrogens with one attached hydrogen (secondary N) is 1. The van der Waals surface area contributed by atoms with E-state index in [1.165, 1.54) is 5.56 Å². The van der Waals surface area contributed by atoms with Crippen LogP contribution in [0.3, 0.4) is 0 Å². The molecule has 0 radical (unpaired) electrons. The second-order valence-electron chi connectivity index (χ2n) is 3.70. The van der Waals surface area contributed by atoms with Crippen LogP contribution in [0.15, 0.2) is 22.7 Å². The average molecular weight is 318 g/mol. The van der Waals surface area contributed by atoms with E-state index in [1.807, 2.05) is 23.9 Å². The van der Waals surface area contributed by atoms with Gasteiger partial charge in [-0.1, -0.05) is 19.1 Å². The molecule has 17 heavy (non-hydrogen) atoms. The van der Waals surface area contributed by atoms with Gasteiger partial charge in [0.05, 0.1) is 11.1 Å². The van der Waals surface area contributed by atoms with Crippen LogP contribution < -0.4 is 10.1 Å². The molecule has 0 aromatic heterocycles. The molecule has 0 atom stereocenters. The van der Waals surface area contributed by atoms with E-state index in [0.29, 0.717) is 0 Å². The third kappa shape index (κ3) is 5.32. The van der Waals surface area contributed by atoms with Gasteiger partial charge in [0, 0.05) is 12.1 Å². The van der Waals surface area contributed by atoms with E-state index >= 15 is 0 Å². The predicted octanol–water partition coefficient (Wildman–Crippen LogP) is 3.69. The first-order chi connectivity index (χ1) is 8.29. The second kappa shape index (κ2) is 8.84. The fourth-order valence-corrected chi connectivity index (χ4v) is 2.42. The van der Waals surface area contributed by atoms with Crippen molar-refractivity contribution in [1.29, 1.82) is 0 Å². The van der Waals surface area contributed by atoms with Crippen LogP contribution in [0.1, 0.15) is 18.9 Å². The van der Waals surface area contributed by atoms with Crippen LogP contribution in [0, 0.1) is 0 Å². The van der Waals surface area contributed by atoms with Crippen LogP contribution in [-0.2, 0) is 6.54 Å². The maximum absolute atomic E-state index is 5.87. The van der Waals surface area contributed by atoms with Crippen molar-refractivity contribution in [3.63, 3.8) is 0 Å². The topological polar surface area (TPSA) is 21.3 Å². The first-order valence-corrected chi connectivity index (χ1v) is 8.08. The predicted molar refractivity (Wildman–Crippen MR) is 80.0 cm³/mol. The number of halogens is 1. The lowest BCUT2D eigenvalue weighted by atomic mass is 10.2. The van der Waals surface area contributed by atoms with Crippen LogP contribution in [0.4, 0.5) is 0 Å². The highest BCUT2D eigenvalue weighted by molar-refractivity contribution is 9.10. The van der Waals surface area contributed by atoms with E-state index in [9.17, 15) is 0 Å². The molecule has 1 aromatic carbocycles. The van der Waals surface area contributed by atoms with Crippen molar-refractivity contribution in [3.8, 4) is 5.75 Å². The highest BCUT2D eigenvalue weighted by Crippen LogP contribution is 2.29. The van der Waals surface area contributed by atoms with Crippen molar-refractivity contribution >= 4 is 27.7 Å². The Morgan fingerprint density at radius 2 is 2.24 bits per heavy atom. The van der Waals surface area contributed by atoms with Crippen molar-refractivity contribution in [1.82, 2.24) is 5.32 Å². The largest absolute Gasteiger partial charge is 0.492 e. The van der Waals surface area contributed by atoms with E-state index < -0.39 is 0 Å². The van der Waals surface area contributed by atoms with Gasteiger partial charge >= 0.3 is 0 Å². The molecule has 0 saturated heterocycles. The van der Waals surface area contributed by atoms with Crippen molar-refractivity contribution in [3.05, 3.63) is 28.2 Å². The molecule has 2 nitrogen and oxygen atoms in total. The molecule has 0 heterocycles. The quantitative estimate of drug-likeness (QED) is 0.739. The molecule has 0 bridgehead atoms. The number of rotatable bonds is 8. The molecule has 0 fully saturated rings. The van der Waals surface area contributed by atoms with Gasteiger partial charge in [0.1, 0.15) is 5.75 Å².